The van der Waals surface area contributed by atoms with Crippen LogP contribution in [0.15, 0.2) is 52.3 Å². The van der Waals surface area contributed by atoms with Crippen LogP contribution < -0.4 is 10.3 Å². The van der Waals surface area contributed by atoms with Crippen molar-refractivity contribution in [2.24, 2.45) is 7.05 Å². The Morgan fingerprint density at radius 3 is 2.44 bits per heavy atom. The molecule has 3 rings (SSSR count). The van der Waals surface area contributed by atoms with E-state index in [4.69, 9.17) is 16.3 Å². The molecule has 3 aromatic rings. The van der Waals surface area contributed by atoms with Crippen LogP contribution in [0.1, 0.15) is 13.8 Å². The van der Waals surface area contributed by atoms with Gasteiger partial charge in [0.1, 0.15) is 5.75 Å². The minimum Gasteiger partial charge on any atom is -0.493 e. The van der Waals surface area contributed by atoms with Gasteiger partial charge in [0, 0.05) is 34.8 Å². The molecule has 0 fully saturated rings. The van der Waals surface area contributed by atoms with Crippen molar-refractivity contribution in [2.45, 2.75) is 18.7 Å². The number of aromatic nitrogens is 1. The van der Waals surface area contributed by atoms with Crippen LogP contribution in [0.5, 0.6) is 5.75 Å². The molecule has 0 aliphatic heterocycles. The number of fused-ring (bicyclic) bond motifs is 1. The molecule has 5 nitrogen and oxygen atoms in total. The number of rotatable bonds is 5. The van der Waals surface area contributed by atoms with E-state index >= 15 is 0 Å². The van der Waals surface area contributed by atoms with Crippen LogP contribution >= 0.6 is 11.6 Å². The zero-order valence-electron chi connectivity index (χ0n) is 15.3. The van der Waals surface area contributed by atoms with Gasteiger partial charge in [-0.15, -0.1) is 0 Å². The van der Waals surface area contributed by atoms with Crippen LogP contribution in [-0.2, 0) is 16.9 Å². The first-order valence-corrected chi connectivity index (χ1v) is 10.6. The van der Waals surface area contributed by atoms with E-state index in [1.807, 2.05) is 6.92 Å². The van der Waals surface area contributed by atoms with Gasteiger partial charge in [0.2, 0.25) is 0 Å². The smallest absolute Gasteiger partial charge is 0.258 e. The Kier molecular flexibility index (Phi) is 5.31. The molecule has 0 radical (unpaired) electrons. The van der Waals surface area contributed by atoms with Gasteiger partial charge in [-0.2, -0.15) is 0 Å². The average Bonchev–Trinajstić information content (AvgIpc) is 2.65. The van der Waals surface area contributed by atoms with Crippen LogP contribution in [0.4, 0.5) is 0 Å². The number of hydrogen-bond donors (Lipinski definition) is 0. The normalized spacial score (nSPS) is 11.7. The van der Waals surface area contributed by atoms with E-state index in [9.17, 15) is 13.2 Å². The number of ether oxygens (including phenoxy) is 1. The van der Waals surface area contributed by atoms with Gasteiger partial charge in [-0.1, -0.05) is 18.5 Å². The maximum Gasteiger partial charge on any atom is 0.258 e. The Labute approximate surface area is 163 Å². The number of nitrogens with zero attached hydrogens (tertiary/aromatic N) is 1. The average molecular weight is 406 g/mol. The summed E-state index contributed by atoms with van der Waals surface area (Å²) in [4.78, 5) is 12.7. The van der Waals surface area contributed by atoms with Crippen molar-refractivity contribution in [1.29, 1.82) is 0 Å². The molecule has 0 unspecified atom stereocenters. The maximum absolute atomic E-state index is 12.5. The minimum absolute atomic E-state index is 0.000271. The summed E-state index contributed by atoms with van der Waals surface area (Å²) in [6.07, 6.45) is 1.68. The molecule has 0 amide bonds. The standard InChI is InChI=1S/C20H20ClNO4S/c1-4-26-19-9-7-14(27(24,25)5-2)11-17(19)18-12-22(3)20(23)15-8-6-13(21)10-16(15)18/h6-12H,4-5H2,1-3H3. The zero-order valence-corrected chi connectivity index (χ0v) is 16.9. The van der Waals surface area contributed by atoms with Crippen LogP contribution in [0, 0.1) is 0 Å². The first-order valence-electron chi connectivity index (χ1n) is 8.57. The van der Waals surface area contributed by atoms with E-state index in [1.54, 1.807) is 56.6 Å². The molecule has 1 heterocycles. The third-order valence-corrected chi connectivity index (χ3v) is 6.39. The molecule has 142 valence electrons. The first-order chi connectivity index (χ1) is 12.8. The molecule has 1 aromatic heterocycles. The SMILES string of the molecule is CCOc1ccc(S(=O)(=O)CC)cc1-c1cn(C)c(=O)c2ccc(Cl)cc12. The van der Waals surface area contributed by atoms with Crippen molar-refractivity contribution < 1.29 is 13.2 Å². The van der Waals surface area contributed by atoms with Gasteiger partial charge in [-0.25, -0.2) is 8.42 Å². The van der Waals surface area contributed by atoms with Gasteiger partial charge in [0.25, 0.3) is 5.56 Å². The van der Waals surface area contributed by atoms with Gasteiger partial charge < -0.3 is 9.30 Å². The number of halogens is 1. The van der Waals surface area contributed by atoms with Crippen molar-refractivity contribution in [2.75, 3.05) is 12.4 Å². The van der Waals surface area contributed by atoms with Crippen LogP contribution in [0.3, 0.4) is 0 Å². The van der Waals surface area contributed by atoms with Crippen molar-refractivity contribution >= 4 is 32.2 Å². The third kappa shape index (κ3) is 3.59. The van der Waals surface area contributed by atoms with Gasteiger partial charge in [-0.3, -0.25) is 4.79 Å². The zero-order chi connectivity index (χ0) is 19.8. The molecule has 0 bridgehead atoms. The van der Waals surface area contributed by atoms with Gasteiger partial charge in [-0.05, 0) is 48.7 Å². The summed E-state index contributed by atoms with van der Waals surface area (Å²) in [5.74, 6) is 0.549. The number of hydrogen-bond acceptors (Lipinski definition) is 4. The molecule has 0 aliphatic rings. The second-order valence-corrected chi connectivity index (χ2v) is 8.86. The lowest BCUT2D eigenvalue weighted by atomic mass is 10.00. The minimum atomic E-state index is -3.39. The predicted molar refractivity (Wildman–Crippen MR) is 109 cm³/mol. The molecule has 7 heteroatoms. The van der Waals surface area contributed by atoms with Crippen molar-refractivity contribution in [1.82, 2.24) is 4.57 Å². The van der Waals surface area contributed by atoms with E-state index in [1.165, 1.54) is 4.57 Å². The number of pyridine rings is 1. The van der Waals surface area contributed by atoms with Crippen LogP contribution in [0.25, 0.3) is 21.9 Å². The largest absolute Gasteiger partial charge is 0.493 e. The summed E-state index contributed by atoms with van der Waals surface area (Å²) >= 11 is 6.16. The fourth-order valence-corrected chi connectivity index (χ4v) is 4.09. The molecule has 0 saturated heterocycles. The van der Waals surface area contributed by atoms with Crippen molar-refractivity contribution in [3.05, 3.63) is 58.0 Å². The molecular formula is C20H20ClNO4S. The highest BCUT2D eigenvalue weighted by molar-refractivity contribution is 7.91. The van der Waals surface area contributed by atoms with E-state index in [0.717, 1.165) is 0 Å². The highest BCUT2D eigenvalue weighted by Gasteiger charge is 2.18. The summed E-state index contributed by atoms with van der Waals surface area (Å²) in [5, 5.41) is 1.65. The lowest BCUT2D eigenvalue weighted by Gasteiger charge is -2.15. The topological polar surface area (TPSA) is 65.4 Å². The van der Waals surface area contributed by atoms with Gasteiger partial charge in [0.05, 0.1) is 17.3 Å². The van der Waals surface area contributed by atoms with E-state index in [-0.39, 0.29) is 16.2 Å². The van der Waals surface area contributed by atoms with Crippen molar-refractivity contribution in [3.8, 4) is 16.9 Å². The number of aryl methyl sites for hydroxylation is 1. The predicted octanol–water partition coefficient (Wildman–Crippen LogP) is 4.05. The second kappa shape index (κ2) is 7.37. The summed E-state index contributed by atoms with van der Waals surface area (Å²) in [7, 11) is -1.73. The lowest BCUT2D eigenvalue weighted by Crippen LogP contribution is -2.16. The summed E-state index contributed by atoms with van der Waals surface area (Å²) < 4.78 is 32.0. The van der Waals surface area contributed by atoms with Gasteiger partial charge >= 0.3 is 0 Å². The first kappa shape index (κ1) is 19.5. The Morgan fingerprint density at radius 1 is 1.04 bits per heavy atom. The Morgan fingerprint density at radius 2 is 1.78 bits per heavy atom. The molecule has 2 aromatic carbocycles. The van der Waals surface area contributed by atoms with E-state index < -0.39 is 9.84 Å². The third-order valence-electron chi connectivity index (χ3n) is 4.43. The molecule has 0 saturated carbocycles. The summed E-state index contributed by atoms with van der Waals surface area (Å²) in [5.41, 5.74) is 1.14. The fourth-order valence-electron chi connectivity index (χ4n) is 3.01. The molecule has 0 atom stereocenters. The Bertz CT molecular complexity index is 1180. The maximum atomic E-state index is 12.5. The van der Waals surface area contributed by atoms with Crippen LogP contribution in [-0.4, -0.2) is 25.3 Å². The second-order valence-electron chi connectivity index (χ2n) is 6.14. The Balaban J connectivity index is 2.42. The number of sulfone groups is 1. The summed E-state index contributed by atoms with van der Waals surface area (Å²) in [6, 6.07) is 9.86. The van der Waals surface area contributed by atoms with Gasteiger partial charge in [0.15, 0.2) is 9.84 Å². The number of benzene rings is 2. The highest BCUT2D eigenvalue weighted by atomic mass is 35.5. The molecule has 0 N–H and O–H groups in total. The Hall–Kier alpha value is -2.31. The fraction of sp³-hybridized carbons (Fsp3) is 0.250. The highest BCUT2D eigenvalue weighted by Crippen LogP contribution is 2.37. The molecular weight excluding hydrogens is 386 g/mol. The monoisotopic (exact) mass is 405 g/mol. The van der Waals surface area contributed by atoms with Crippen LogP contribution in [0.2, 0.25) is 5.02 Å². The quantitative estimate of drug-likeness (QED) is 0.642. The molecule has 0 aliphatic carbocycles. The van der Waals surface area contributed by atoms with E-state index in [0.29, 0.717) is 39.3 Å². The molecule has 0 spiro atoms. The lowest BCUT2D eigenvalue weighted by molar-refractivity contribution is 0.341. The van der Waals surface area contributed by atoms with E-state index in [2.05, 4.69) is 0 Å². The van der Waals surface area contributed by atoms with Crippen molar-refractivity contribution in [3.63, 3.8) is 0 Å². The summed E-state index contributed by atoms with van der Waals surface area (Å²) in [6.45, 7) is 3.89. The molecule has 27 heavy (non-hydrogen) atoms.